The lowest BCUT2D eigenvalue weighted by Gasteiger charge is -2.09. The second kappa shape index (κ2) is 11.5. The molecular formula is C24H28N6O4S. The molecule has 2 heterocycles. The van der Waals surface area contributed by atoms with Gasteiger partial charge in [-0.2, -0.15) is 9.97 Å². The summed E-state index contributed by atoms with van der Waals surface area (Å²) in [6, 6.07) is 14.8. The molecule has 4 N–H and O–H groups in total. The van der Waals surface area contributed by atoms with Gasteiger partial charge in [0.25, 0.3) is 5.89 Å². The summed E-state index contributed by atoms with van der Waals surface area (Å²) in [7, 11) is -3.27. The number of benzene rings is 2. The highest BCUT2D eigenvalue weighted by Gasteiger charge is 2.15. The van der Waals surface area contributed by atoms with Gasteiger partial charge in [-0.3, -0.25) is 0 Å². The Labute approximate surface area is 204 Å². The molecule has 0 atom stereocenters. The van der Waals surface area contributed by atoms with Crippen LogP contribution in [0.1, 0.15) is 23.9 Å². The third kappa shape index (κ3) is 7.08. The number of aryl methyl sites for hydroxylation is 2. The van der Waals surface area contributed by atoms with Crippen molar-refractivity contribution < 1.29 is 18.0 Å². The van der Waals surface area contributed by atoms with Gasteiger partial charge in [0.1, 0.15) is 11.4 Å². The summed E-state index contributed by atoms with van der Waals surface area (Å²) in [6.07, 6.45) is 4.08. The first-order valence-corrected chi connectivity index (χ1v) is 12.8. The van der Waals surface area contributed by atoms with E-state index in [2.05, 4.69) is 25.4 Å². The van der Waals surface area contributed by atoms with Crippen molar-refractivity contribution in [3.8, 4) is 11.5 Å². The van der Waals surface area contributed by atoms with Crippen LogP contribution in [0.5, 0.6) is 0 Å². The molecule has 0 aliphatic carbocycles. The Hall–Kier alpha value is -3.83. The highest BCUT2D eigenvalue weighted by molar-refractivity contribution is 7.90. The Morgan fingerprint density at radius 3 is 2.43 bits per heavy atom. The molecule has 184 valence electrons. The van der Waals surface area contributed by atoms with Crippen LogP contribution in [0, 0.1) is 6.92 Å². The van der Waals surface area contributed by atoms with Crippen molar-refractivity contribution in [2.75, 3.05) is 23.9 Å². The summed E-state index contributed by atoms with van der Waals surface area (Å²) < 4.78 is 28.5. The average molecular weight is 497 g/mol. The van der Waals surface area contributed by atoms with E-state index in [0.717, 1.165) is 6.42 Å². The molecule has 10 nitrogen and oxygen atoms in total. The number of anilines is 3. The van der Waals surface area contributed by atoms with Crippen LogP contribution in [0.15, 0.2) is 64.1 Å². The van der Waals surface area contributed by atoms with Crippen molar-refractivity contribution in [1.29, 1.82) is 0 Å². The minimum Gasteiger partial charge on any atom is -0.396 e. The third-order valence-corrected chi connectivity index (χ3v) is 6.16. The molecule has 0 saturated heterocycles. The zero-order valence-electron chi connectivity index (χ0n) is 19.8. The number of nitrogens with two attached hydrogens (primary N) is 1. The molecule has 35 heavy (non-hydrogen) atoms. The number of hydrogen-bond donors (Lipinski definition) is 3. The predicted molar refractivity (Wildman–Crippen MR) is 134 cm³/mol. The smallest absolute Gasteiger partial charge is 0.263 e. The van der Waals surface area contributed by atoms with Crippen LogP contribution in [-0.4, -0.2) is 46.5 Å². The lowest BCUT2D eigenvalue weighted by atomic mass is 10.2. The van der Waals surface area contributed by atoms with E-state index in [9.17, 15) is 8.42 Å². The molecule has 4 rings (SSSR count). The van der Waals surface area contributed by atoms with E-state index in [0.29, 0.717) is 29.1 Å². The molecule has 0 radical (unpaired) electrons. The molecule has 0 amide bonds. The number of nitrogen functional groups attached to an aromatic ring is 1. The standard InChI is InChI=1S/C16H18N6O3S.C8H10O/c1-4-13-20-15(25-22-13)11-8-18-16(21-14(11)17)19-10-5-6-12(9(2)7-10)26(3,23)24;9-7-6-8-4-2-1-3-5-8/h5-8H,4H2,1-3H3,(H3,17,18,19,21);1-5,9H,6-7H2. The van der Waals surface area contributed by atoms with Crippen LogP contribution >= 0.6 is 0 Å². The first kappa shape index (κ1) is 25.8. The minimum absolute atomic E-state index is 0.193. The molecule has 0 bridgehead atoms. The summed E-state index contributed by atoms with van der Waals surface area (Å²) in [5.74, 6) is 1.30. The number of aliphatic hydroxyl groups excluding tert-OH is 1. The van der Waals surface area contributed by atoms with Gasteiger partial charge in [-0.1, -0.05) is 42.4 Å². The normalized spacial score (nSPS) is 11.0. The van der Waals surface area contributed by atoms with Gasteiger partial charge in [0.2, 0.25) is 5.95 Å². The number of hydrogen-bond acceptors (Lipinski definition) is 10. The van der Waals surface area contributed by atoms with Gasteiger partial charge in [-0.15, -0.1) is 0 Å². The Morgan fingerprint density at radius 2 is 1.86 bits per heavy atom. The molecule has 0 spiro atoms. The van der Waals surface area contributed by atoms with Crippen LogP contribution in [0.3, 0.4) is 0 Å². The van der Waals surface area contributed by atoms with Gasteiger partial charge in [0, 0.05) is 31.2 Å². The van der Waals surface area contributed by atoms with Crippen molar-refractivity contribution in [3.63, 3.8) is 0 Å². The molecular weight excluding hydrogens is 468 g/mol. The van der Waals surface area contributed by atoms with Gasteiger partial charge >= 0.3 is 0 Å². The number of rotatable bonds is 7. The zero-order valence-corrected chi connectivity index (χ0v) is 20.6. The van der Waals surface area contributed by atoms with Crippen molar-refractivity contribution in [2.24, 2.45) is 0 Å². The largest absolute Gasteiger partial charge is 0.396 e. The first-order chi connectivity index (χ1) is 16.7. The fraction of sp³-hybridized carbons (Fsp3) is 0.250. The van der Waals surface area contributed by atoms with Gasteiger partial charge < -0.3 is 20.7 Å². The fourth-order valence-electron chi connectivity index (χ4n) is 3.17. The van der Waals surface area contributed by atoms with Crippen molar-refractivity contribution >= 4 is 27.3 Å². The topological polar surface area (TPSA) is 157 Å². The number of nitrogens with zero attached hydrogens (tertiary/aromatic N) is 4. The Bertz CT molecular complexity index is 1370. The van der Waals surface area contributed by atoms with E-state index in [1.807, 2.05) is 37.3 Å². The summed E-state index contributed by atoms with van der Waals surface area (Å²) in [5, 5.41) is 15.3. The average Bonchev–Trinajstić information content (AvgIpc) is 3.29. The zero-order chi connectivity index (χ0) is 25.4. The highest BCUT2D eigenvalue weighted by atomic mass is 32.2. The molecule has 0 fully saturated rings. The lowest BCUT2D eigenvalue weighted by molar-refractivity contribution is 0.299. The van der Waals surface area contributed by atoms with E-state index in [-0.39, 0.29) is 29.2 Å². The molecule has 0 unspecified atom stereocenters. The minimum atomic E-state index is -3.27. The predicted octanol–water partition coefficient (Wildman–Crippen LogP) is 3.35. The van der Waals surface area contributed by atoms with E-state index in [1.54, 1.807) is 19.1 Å². The Morgan fingerprint density at radius 1 is 1.11 bits per heavy atom. The number of aromatic nitrogens is 4. The van der Waals surface area contributed by atoms with Gasteiger partial charge in [-0.05, 0) is 42.7 Å². The maximum atomic E-state index is 11.7. The second-order valence-electron chi connectivity index (χ2n) is 7.70. The number of nitrogens with one attached hydrogen (secondary N) is 1. The summed E-state index contributed by atoms with van der Waals surface area (Å²) in [6.45, 7) is 3.88. The van der Waals surface area contributed by atoms with Gasteiger partial charge in [0.05, 0.1) is 4.90 Å². The summed E-state index contributed by atoms with van der Waals surface area (Å²) >= 11 is 0. The van der Waals surface area contributed by atoms with Crippen LogP contribution in [0.2, 0.25) is 0 Å². The van der Waals surface area contributed by atoms with Crippen molar-refractivity contribution in [3.05, 3.63) is 71.7 Å². The van der Waals surface area contributed by atoms with Gasteiger partial charge in [0.15, 0.2) is 15.7 Å². The van der Waals surface area contributed by atoms with Crippen molar-refractivity contribution in [1.82, 2.24) is 20.1 Å². The molecule has 4 aromatic rings. The highest BCUT2D eigenvalue weighted by Crippen LogP contribution is 2.25. The number of aliphatic hydroxyl groups is 1. The van der Waals surface area contributed by atoms with Crippen LogP contribution < -0.4 is 11.1 Å². The fourth-order valence-corrected chi connectivity index (χ4v) is 4.13. The molecule has 0 aliphatic rings. The molecule has 0 aliphatic heterocycles. The maximum absolute atomic E-state index is 11.7. The van der Waals surface area contributed by atoms with E-state index in [4.69, 9.17) is 15.4 Å². The molecule has 0 saturated carbocycles. The van der Waals surface area contributed by atoms with E-state index in [1.165, 1.54) is 24.1 Å². The maximum Gasteiger partial charge on any atom is 0.263 e. The van der Waals surface area contributed by atoms with E-state index >= 15 is 0 Å². The molecule has 2 aromatic heterocycles. The lowest BCUT2D eigenvalue weighted by Crippen LogP contribution is -2.04. The number of sulfone groups is 1. The van der Waals surface area contributed by atoms with E-state index < -0.39 is 9.84 Å². The SMILES string of the molecule is CCc1noc(-c2cnc(Nc3ccc(S(C)(=O)=O)c(C)c3)nc2N)n1.OCCc1ccccc1. The summed E-state index contributed by atoms with van der Waals surface area (Å²) in [5.41, 5.74) is 8.89. The van der Waals surface area contributed by atoms with Crippen LogP contribution in [0.4, 0.5) is 17.5 Å². The summed E-state index contributed by atoms with van der Waals surface area (Å²) in [4.78, 5) is 12.9. The quantitative estimate of drug-likeness (QED) is 0.346. The van der Waals surface area contributed by atoms with Crippen molar-refractivity contribution in [2.45, 2.75) is 31.6 Å². The monoisotopic (exact) mass is 496 g/mol. The molecule has 11 heteroatoms. The Kier molecular flexibility index (Phi) is 8.50. The van der Waals surface area contributed by atoms with Crippen LogP contribution in [0.25, 0.3) is 11.5 Å². The van der Waals surface area contributed by atoms with Crippen LogP contribution in [-0.2, 0) is 22.7 Å². The Balaban J connectivity index is 0.000000320. The molecule has 2 aromatic carbocycles. The first-order valence-electron chi connectivity index (χ1n) is 10.9. The second-order valence-corrected chi connectivity index (χ2v) is 9.68. The third-order valence-electron chi connectivity index (χ3n) is 4.91. The van der Waals surface area contributed by atoms with Gasteiger partial charge in [-0.25, -0.2) is 13.4 Å².